The number of amides is 1. The van der Waals surface area contributed by atoms with E-state index in [9.17, 15) is 13.6 Å². The topological polar surface area (TPSA) is 70.1 Å². The fourth-order valence-electron chi connectivity index (χ4n) is 2.53. The highest BCUT2D eigenvalue weighted by atomic mass is 32.1. The lowest BCUT2D eigenvalue weighted by Crippen LogP contribution is -2.35. The van der Waals surface area contributed by atoms with Crippen LogP contribution in [0.1, 0.15) is 26.4 Å². The summed E-state index contributed by atoms with van der Waals surface area (Å²) in [6.07, 6.45) is 0.529. The number of hydrogen-bond acceptors (Lipinski definition) is 4. The third kappa shape index (κ3) is 2.31. The first-order chi connectivity index (χ1) is 10.5. The van der Waals surface area contributed by atoms with Crippen LogP contribution in [-0.2, 0) is 13.0 Å². The SMILES string of the molecule is N#Cc1c(N)sc2c1CCN(C(=O)c1ccc(F)c(F)c1)C2. The Morgan fingerprint density at radius 3 is 2.82 bits per heavy atom. The first-order valence-electron chi connectivity index (χ1n) is 6.55. The third-order valence-corrected chi connectivity index (χ3v) is 4.70. The van der Waals surface area contributed by atoms with Crippen LogP contribution in [0.25, 0.3) is 0 Å². The predicted molar refractivity (Wildman–Crippen MR) is 78.2 cm³/mol. The number of halogens is 2. The van der Waals surface area contributed by atoms with Crippen molar-refractivity contribution >= 4 is 22.2 Å². The quantitative estimate of drug-likeness (QED) is 0.878. The maximum absolute atomic E-state index is 13.3. The van der Waals surface area contributed by atoms with E-state index in [2.05, 4.69) is 6.07 Å². The zero-order chi connectivity index (χ0) is 15.9. The molecule has 2 heterocycles. The number of benzene rings is 1. The molecule has 1 aromatic carbocycles. The van der Waals surface area contributed by atoms with Crippen LogP contribution >= 0.6 is 11.3 Å². The number of carbonyl (C=O) groups is 1. The van der Waals surface area contributed by atoms with Crippen molar-refractivity contribution in [3.05, 3.63) is 51.4 Å². The Hall–Kier alpha value is -2.46. The summed E-state index contributed by atoms with van der Waals surface area (Å²) in [7, 11) is 0. The minimum atomic E-state index is -1.05. The van der Waals surface area contributed by atoms with E-state index in [4.69, 9.17) is 11.0 Å². The normalized spacial score (nSPS) is 13.6. The molecule has 0 bridgehead atoms. The van der Waals surface area contributed by atoms with Gasteiger partial charge in [0.15, 0.2) is 11.6 Å². The van der Waals surface area contributed by atoms with Gasteiger partial charge in [-0.2, -0.15) is 5.26 Å². The van der Waals surface area contributed by atoms with Gasteiger partial charge in [-0.3, -0.25) is 4.79 Å². The predicted octanol–water partition coefficient (Wildman–Crippen LogP) is 2.68. The number of nitrogens with two attached hydrogens (primary N) is 1. The molecule has 112 valence electrons. The van der Waals surface area contributed by atoms with Crippen LogP contribution in [0.2, 0.25) is 0 Å². The highest BCUT2D eigenvalue weighted by Crippen LogP contribution is 2.34. The highest BCUT2D eigenvalue weighted by Gasteiger charge is 2.27. The minimum Gasteiger partial charge on any atom is -0.389 e. The van der Waals surface area contributed by atoms with Crippen molar-refractivity contribution in [1.29, 1.82) is 5.26 Å². The average molecular weight is 319 g/mol. The zero-order valence-electron chi connectivity index (χ0n) is 11.4. The molecular weight excluding hydrogens is 308 g/mol. The molecule has 0 radical (unpaired) electrons. The lowest BCUT2D eigenvalue weighted by molar-refractivity contribution is 0.0736. The van der Waals surface area contributed by atoms with Crippen molar-refractivity contribution in [2.75, 3.05) is 12.3 Å². The first kappa shape index (κ1) is 14.5. The molecule has 7 heteroatoms. The second-order valence-corrected chi connectivity index (χ2v) is 6.10. The maximum atomic E-state index is 13.3. The summed E-state index contributed by atoms with van der Waals surface area (Å²) in [6, 6.07) is 5.19. The van der Waals surface area contributed by atoms with Crippen molar-refractivity contribution in [2.45, 2.75) is 13.0 Å². The molecular formula is C15H11F2N3OS. The molecule has 3 rings (SSSR count). The Balaban J connectivity index is 1.87. The number of anilines is 1. The molecule has 0 saturated carbocycles. The summed E-state index contributed by atoms with van der Waals surface area (Å²) < 4.78 is 26.2. The van der Waals surface area contributed by atoms with Crippen molar-refractivity contribution in [1.82, 2.24) is 4.90 Å². The van der Waals surface area contributed by atoms with Crippen LogP contribution in [-0.4, -0.2) is 17.4 Å². The van der Waals surface area contributed by atoms with Crippen LogP contribution in [0.4, 0.5) is 13.8 Å². The summed E-state index contributed by atoms with van der Waals surface area (Å²) in [5.41, 5.74) is 7.28. The van der Waals surface area contributed by atoms with E-state index in [0.29, 0.717) is 30.1 Å². The molecule has 1 aliphatic rings. The number of fused-ring (bicyclic) bond motifs is 1. The molecule has 0 unspecified atom stereocenters. The molecule has 0 aliphatic carbocycles. The highest BCUT2D eigenvalue weighted by molar-refractivity contribution is 7.16. The monoisotopic (exact) mass is 319 g/mol. The number of rotatable bonds is 1. The van der Waals surface area contributed by atoms with Crippen LogP contribution in [0.15, 0.2) is 18.2 Å². The van der Waals surface area contributed by atoms with E-state index >= 15 is 0 Å². The van der Waals surface area contributed by atoms with Crippen LogP contribution < -0.4 is 5.73 Å². The van der Waals surface area contributed by atoms with Gasteiger partial charge in [0.25, 0.3) is 5.91 Å². The molecule has 0 atom stereocenters. The largest absolute Gasteiger partial charge is 0.389 e. The van der Waals surface area contributed by atoms with Gasteiger partial charge in [0.1, 0.15) is 11.1 Å². The summed E-state index contributed by atoms with van der Waals surface area (Å²) in [4.78, 5) is 14.8. The third-order valence-electron chi connectivity index (χ3n) is 3.65. The Morgan fingerprint density at radius 2 is 2.14 bits per heavy atom. The lowest BCUT2D eigenvalue weighted by Gasteiger charge is -2.27. The Morgan fingerprint density at radius 1 is 1.36 bits per heavy atom. The van der Waals surface area contributed by atoms with Crippen molar-refractivity contribution < 1.29 is 13.6 Å². The molecule has 0 spiro atoms. The summed E-state index contributed by atoms with van der Waals surface area (Å²) >= 11 is 1.29. The van der Waals surface area contributed by atoms with Gasteiger partial charge in [-0.05, 0) is 30.2 Å². The van der Waals surface area contributed by atoms with Gasteiger partial charge < -0.3 is 10.6 Å². The first-order valence-corrected chi connectivity index (χ1v) is 7.37. The maximum Gasteiger partial charge on any atom is 0.254 e. The molecule has 4 nitrogen and oxygen atoms in total. The second kappa shape index (κ2) is 5.39. The van der Waals surface area contributed by atoms with Crippen LogP contribution in [0, 0.1) is 23.0 Å². The van der Waals surface area contributed by atoms with Gasteiger partial charge in [-0.15, -0.1) is 11.3 Å². The van der Waals surface area contributed by atoms with E-state index in [1.165, 1.54) is 17.4 Å². The standard InChI is InChI=1S/C15H11F2N3OS/c16-11-2-1-8(5-12(11)17)15(21)20-4-3-9-10(6-18)14(19)22-13(9)7-20/h1-2,5H,3-4,7,19H2. The van der Waals surface area contributed by atoms with Crippen molar-refractivity contribution in [2.24, 2.45) is 0 Å². The summed E-state index contributed by atoms with van der Waals surface area (Å²) in [5, 5.41) is 9.55. The zero-order valence-corrected chi connectivity index (χ0v) is 12.2. The van der Waals surface area contributed by atoms with E-state index in [0.717, 1.165) is 22.6 Å². The van der Waals surface area contributed by atoms with Gasteiger partial charge >= 0.3 is 0 Å². The van der Waals surface area contributed by atoms with Crippen LogP contribution in [0.5, 0.6) is 0 Å². The average Bonchev–Trinajstić information content (AvgIpc) is 2.83. The van der Waals surface area contributed by atoms with Crippen molar-refractivity contribution in [3.63, 3.8) is 0 Å². The van der Waals surface area contributed by atoms with E-state index in [-0.39, 0.29) is 11.5 Å². The second-order valence-electron chi connectivity index (χ2n) is 4.96. The van der Waals surface area contributed by atoms with E-state index in [1.807, 2.05) is 0 Å². The summed E-state index contributed by atoms with van der Waals surface area (Å²) in [5.74, 6) is -2.40. The number of nitrogen functional groups attached to an aromatic ring is 1. The van der Waals surface area contributed by atoms with Gasteiger partial charge in [0.2, 0.25) is 0 Å². The summed E-state index contributed by atoms with van der Waals surface area (Å²) in [6.45, 7) is 0.736. The molecule has 0 saturated heterocycles. The molecule has 22 heavy (non-hydrogen) atoms. The fourth-order valence-corrected chi connectivity index (χ4v) is 3.62. The van der Waals surface area contributed by atoms with Gasteiger partial charge in [-0.1, -0.05) is 0 Å². The number of carbonyl (C=O) groups excluding carboxylic acids is 1. The lowest BCUT2D eigenvalue weighted by atomic mass is 10.0. The van der Waals surface area contributed by atoms with Gasteiger partial charge in [0.05, 0.1) is 12.1 Å². The molecule has 0 fully saturated rings. The smallest absolute Gasteiger partial charge is 0.254 e. The Labute approximate surface area is 129 Å². The molecule has 1 aliphatic heterocycles. The van der Waals surface area contributed by atoms with Crippen molar-refractivity contribution in [3.8, 4) is 6.07 Å². The molecule has 2 aromatic rings. The molecule has 1 aromatic heterocycles. The van der Waals surface area contributed by atoms with Gasteiger partial charge in [0, 0.05) is 17.0 Å². The number of thiophene rings is 1. The van der Waals surface area contributed by atoms with E-state index in [1.54, 1.807) is 4.90 Å². The number of hydrogen-bond donors (Lipinski definition) is 1. The Kier molecular flexibility index (Phi) is 3.54. The number of nitriles is 1. The number of nitrogens with zero attached hydrogens (tertiary/aromatic N) is 2. The minimum absolute atomic E-state index is 0.104. The molecule has 1 amide bonds. The fraction of sp³-hybridized carbons (Fsp3) is 0.200. The Bertz CT molecular complexity index is 810. The van der Waals surface area contributed by atoms with E-state index < -0.39 is 11.6 Å². The van der Waals surface area contributed by atoms with Gasteiger partial charge in [-0.25, -0.2) is 8.78 Å². The molecule has 2 N–H and O–H groups in total. The van der Waals surface area contributed by atoms with Crippen LogP contribution in [0.3, 0.4) is 0 Å².